The molecule has 21 heavy (non-hydrogen) atoms. The summed E-state index contributed by atoms with van der Waals surface area (Å²) in [5.41, 5.74) is 7.55. The van der Waals surface area contributed by atoms with Crippen LogP contribution < -0.4 is 11.1 Å². The quantitative estimate of drug-likeness (QED) is 0.750. The van der Waals surface area contributed by atoms with E-state index in [-0.39, 0.29) is 11.9 Å². The van der Waals surface area contributed by atoms with E-state index in [0.29, 0.717) is 17.8 Å². The fourth-order valence-electron chi connectivity index (χ4n) is 1.88. The SMILES string of the molecule is NCc1cccn2nc(NC(=O)c3cncc(Br)c3)nc12. The van der Waals surface area contributed by atoms with Gasteiger partial charge in [-0.3, -0.25) is 15.1 Å². The van der Waals surface area contributed by atoms with Crippen molar-refractivity contribution in [3.05, 3.63) is 52.4 Å². The molecule has 0 bridgehead atoms. The van der Waals surface area contributed by atoms with Crippen molar-refractivity contribution in [2.24, 2.45) is 5.73 Å². The molecule has 0 saturated carbocycles. The smallest absolute Gasteiger partial charge is 0.259 e. The van der Waals surface area contributed by atoms with E-state index in [1.54, 1.807) is 23.0 Å². The van der Waals surface area contributed by atoms with Crippen LogP contribution in [0.3, 0.4) is 0 Å². The highest BCUT2D eigenvalue weighted by molar-refractivity contribution is 9.10. The van der Waals surface area contributed by atoms with Gasteiger partial charge in [-0.25, -0.2) is 4.52 Å². The third-order valence-corrected chi connectivity index (χ3v) is 3.29. The Labute approximate surface area is 128 Å². The summed E-state index contributed by atoms with van der Waals surface area (Å²) in [6.07, 6.45) is 4.83. The van der Waals surface area contributed by atoms with Crippen molar-refractivity contribution in [1.82, 2.24) is 19.6 Å². The molecular weight excluding hydrogens is 336 g/mol. The van der Waals surface area contributed by atoms with Crippen molar-refractivity contribution in [3.8, 4) is 0 Å². The summed E-state index contributed by atoms with van der Waals surface area (Å²) in [4.78, 5) is 20.3. The van der Waals surface area contributed by atoms with Crippen LogP contribution in [0.15, 0.2) is 41.3 Å². The monoisotopic (exact) mass is 346 g/mol. The summed E-state index contributed by atoms with van der Waals surface area (Å²) >= 11 is 3.27. The number of hydrogen-bond acceptors (Lipinski definition) is 5. The van der Waals surface area contributed by atoms with E-state index in [0.717, 1.165) is 10.0 Å². The van der Waals surface area contributed by atoms with Crippen molar-refractivity contribution in [2.75, 3.05) is 5.32 Å². The molecule has 0 saturated heterocycles. The molecule has 0 radical (unpaired) electrons. The van der Waals surface area contributed by atoms with E-state index >= 15 is 0 Å². The zero-order valence-corrected chi connectivity index (χ0v) is 12.4. The van der Waals surface area contributed by atoms with E-state index in [1.807, 2.05) is 12.1 Å². The topological polar surface area (TPSA) is 98.2 Å². The number of rotatable bonds is 3. The number of carbonyl (C=O) groups excluding carboxylic acids is 1. The zero-order chi connectivity index (χ0) is 14.8. The maximum Gasteiger partial charge on any atom is 0.259 e. The summed E-state index contributed by atoms with van der Waals surface area (Å²) < 4.78 is 2.31. The Bertz CT molecular complexity index is 815. The molecule has 0 aromatic carbocycles. The number of fused-ring (bicyclic) bond motifs is 1. The average molecular weight is 347 g/mol. The number of aromatic nitrogens is 4. The molecule has 0 spiro atoms. The third kappa shape index (κ3) is 2.76. The minimum Gasteiger partial charge on any atom is -0.326 e. The standard InChI is InChI=1S/C13H11BrN6O/c14-10-4-9(6-16-7-10)12(21)18-13-17-11-8(5-15)2-1-3-20(11)19-13/h1-4,6-7H,5,15H2,(H,18,19,21). The molecule has 3 N–H and O–H groups in total. The lowest BCUT2D eigenvalue weighted by molar-refractivity contribution is 0.102. The van der Waals surface area contributed by atoms with Gasteiger partial charge in [0, 0.05) is 35.2 Å². The van der Waals surface area contributed by atoms with Gasteiger partial charge >= 0.3 is 0 Å². The van der Waals surface area contributed by atoms with Crippen LogP contribution in [-0.2, 0) is 6.54 Å². The van der Waals surface area contributed by atoms with Crippen LogP contribution in [0.2, 0.25) is 0 Å². The fourth-order valence-corrected chi connectivity index (χ4v) is 2.25. The molecule has 3 aromatic rings. The molecule has 0 atom stereocenters. The number of hydrogen-bond donors (Lipinski definition) is 2. The summed E-state index contributed by atoms with van der Waals surface area (Å²) in [7, 11) is 0. The van der Waals surface area contributed by atoms with Crippen LogP contribution in [-0.4, -0.2) is 25.5 Å². The molecule has 106 valence electrons. The highest BCUT2D eigenvalue weighted by Gasteiger charge is 2.12. The summed E-state index contributed by atoms with van der Waals surface area (Å²) in [6, 6.07) is 5.37. The van der Waals surface area contributed by atoms with E-state index in [4.69, 9.17) is 5.73 Å². The number of nitrogens with zero attached hydrogens (tertiary/aromatic N) is 4. The van der Waals surface area contributed by atoms with E-state index in [2.05, 4.69) is 36.3 Å². The van der Waals surface area contributed by atoms with Gasteiger partial charge in [-0.05, 0) is 28.1 Å². The number of nitrogens with one attached hydrogen (secondary N) is 1. The number of anilines is 1. The fraction of sp³-hybridized carbons (Fsp3) is 0.0769. The molecule has 0 unspecified atom stereocenters. The number of amides is 1. The predicted octanol–water partition coefficient (Wildman–Crippen LogP) is 1.60. The Balaban J connectivity index is 1.90. The predicted molar refractivity (Wildman–Crippen MR) is 80.8 cm³/mol. The maximum absolute atomic E-state index is 12.1. The summed E-state index contributed by atoms with van der Waals surface area (Å²) in [5.74, 6) is -0.102. The second-order valence-corrected chi connectivity index (χ2v) is 5.20. The number of nitrogens with two attached hydrogens (primary N) is 1. The molecular formula is C13H11BrN6O. The number of carbonyl (C=O) groups is 1. The Kier molecular flexibility index (Phi) is 3.63. The zero-order valence-electron chi connectivity index (χ0n) is 10.8. The van der Waals surface area contributed by atoms with Gasteiger partial charge in [0.15, 0.2) is 5.65 Å². The number of pyridine rings is 2. The van der Waals surface area contributed by atoms with Crippen molar-refractivity contribution in [2.45, 2.75) is 6.54 Å². The molecule has 0 aliphatic carbocycles. The van der Waals surface area contributed by atoms with Crippen LogP contribution in [0.5, 0.6) is 0 Å². The largest absolute Gasteiger partial charge is 0.326 e. The lowest BCUT2D eigenvalue weighted by atomic mass is 10.3. The first-order chi connectivity index (χ1) is 10.2. The van der Waals surface area contributed by atoms with E-state index in [1.165, 1.54) is 6.20 Å². The van der Waals surface area contributed by atoms with Gasteiger partial charge in [-0.1, -0.05) is 6.07 Å². The second kappa shape index (κ2) is 5.58. The molecule has 3 aromatic heterocycles. The molecule has 3 heterocycles. The van der Waals surface area contributed by atoms with Crippen molar-refractivity contribution >= 4 is 33.4 Å². The highest BCUT2D eigenvalue weighted by Crippen LogP contribution is 2.13. The minimum absolute atomic E-state index is 0.223. The van der Waals surface area contributed by atoms with Crippen LogP contribution in [0, 0.1) is 0 Å². The normalized spacial score (nSPS) is 10.8. The lowest BCUT2D eigenvalue weighted by Crippen LogP contribution is -2.13. The second-order valence-electron chi connectivity index (χ2n) is 4.29. The molecule has 8 heteroatoms. The van der Waals surface area contributed by atoms with Gasteiger partial charge in [0.05, 0.1) is 5.56 Å². The lowest BCUT2D eigenvalue weighted by Gasteiger charge is -2.00. The number of halogens is 1. The van der Waals surface area contributed by atoms with Gasteiger partial charge in [-0.2, -0.15) is 4.98 Å². The van der Waals surface area contributed by atoms with Crippen LogP contribution >= 0.6 is 15.9 Å². The van der Waals surface area contributed by atoms with Gasteiger partial charge in [0.2, 0.25) is 5.95 Å². The Morgan fingerprint density at radius 2 is 2.29 bits per heavy atom. The van der Waals surface area contributed by atoms with Gasteiger partial charge in [0.1, 0.15) is 0 Å². The third-order valence-electron chi connectivity index (χ3n) is 2.86. The van der Waals surface area contributed by atoms with Gasteiger partial charge in [0.25, 0.3) is 5.91 Å². The Morgan fingerprint density at radius 1 is 1.43 bits per heavy atom. The maximum atomic E-state index is 12.1. The summed E-state index contributed by atoms with van der Waals surface area (Å²) in [6.45, 7) is 0.353. The van der Waals surface area contributed by atoms with Crippen LogP contribution in [0.4, 0.5) is 5.95 Å². The van der Waals surface area contributed by atoms with Crippen LogP contribution in [0.25, 0.3) is 5.65 Å². The molecule has 0 fully saturated rings. The van der Waals surface area contributed by atoms with E-state index < -0.39 is 0 Å². The van der Waals surface area contributed by atoms with E-state index in [9.17, 15) is 4.79 Å². The van der Waals surface area contributed by atoms with Crippen LogP contribution in [0.1, 0.15) is 15.9 Å². The van der Waals surface area contributed by atoms with Crippen molar-refractivity contribution in [1.29, 1.82) is 0 Å². The Hall–Kier alpha value is -2.32. The Morgan fingerprint density at radius 3 is 3.05 bits per heavy atom. The highest BCUT2D eigenvalue weighted by atomic mass is 79.9. The molecule has 0 aliphatic heterocycles. The first-order valence-corrected chi connectivity index (χ1v) is 6.93. The molecule has 7 nitrogen and oxygen atoms in total. The van der Waals surface area contributed by atoms with Crippen molar-refractivity contribution in [3.63, 3.8) is 0 Å². The summed E-state index contributed by atoms with van der Waals surface area (Å²) in [5, 5.41) is 6.84. The average Bonchev–Trinajstić information content (AvgIpc) is 2.89. The molecule has 3 rings (SSSR count). The first-order valence-electron chi connectivity index (χ1n) is 6.13. The molecule has 0 aliphatic rings. The molecule has 1 amide bonds. The van der Waals surface area contributed by atoms with Gasteiger partial charge < -0.3 is 5.73 Å². The first kappa shape index (κ1) is 13.7. The van der Waals surface area contributed by atoms with Crippen molar-refractivity contribution < 1.29 is 4.79 Å². The minimum atomic E-state index is -0.325. The van der Waals surface area contributed by atoms with Gasteiger partial charge in [-0.15, -0.1) is 5.10 Å².